The Morgan fingerprint density at radius 1 is 1.36 bits per heavy atom. The van der Waals surface area contributed by atoms with Crippen molar-refractivity contribution < 1.29 is 18.8 Å². The van der Waals surface area contributed by atoms with Crippen molar-refractivity contribution in [2.24, 2.45) is 5.92 Å². The molecular weight excluding hydrogens is 325 g/mol. The zero-order valence-corrected chi connectivity index (χ0v) is 14.3. The normalized spacial score (nSPS) is 16.2. The number of nitrogens with zero attached hydrogens (tertiary/aromatic N) is 1. The van der Waals surface area contributed by atoms with Gasteiger partial charge in [0, 0.05) is 38.2 Å². The van der Waals surface area contributed by atoms with Gasteiger partial charge in [-0.05, 0) is 37.5 Å². The van der Waals surface area contributed by atoms with Crippen LogP contribution in [0.4, 0.5) is 15.8 Å². The molecule has 1 heterocycles. The van der Waals surface area contributed by atoms with E-state index in [1.165, 1.54) is 13.1 Å². The fraction of sp³-hybridized carbons (Fsp3) is 0.500. The van der Waals surface area contributed by atoms with E-state index in [9.17, 15) is 18.8 Å². The van der Waals surface area contributed by atoms with E-state index in [2.05, 4.69) is 10.6 Å². The third-order valence-corrected chi connectivity index (χ3v) is 4.50. The molecule has 0 aromatic heterocycles. The highest BCUT2D eigenvalue weighted by Gasteiger charge is 2.21. The summed E-state index contributed by atoms with van der Waals surface area (Å²) in [7, 11) is 1.54. The van der Waals surface area contributed by atoms with Gasteiger partial charge >= 0.3 is 0 Å². The van der Waals surface area contributed by atoms with Crippen molar-refractivity contribution in [1.82, 2.24) is 5.32 Å². The Bertz CT molecular complexity index is 616. The summed E-state index contributed by atoms with van der Waals surface area (Å²) in [6.07, 6.45) is 3.72. The van der Waals surface area contributed by atoms with Crippen molar-refractivity contribution >= 4 is 29.9 Å². The molecule has 1 atom stereocenters. The van der Waals surface area contributed by atoms with Crippen LogP contribution in [0.15, 0.2) is 18.2 Å². The number of rotatable bonds is 8. The predicted molar refractivity (Wildman–Crippen MR) is 94.2 cm³/mol. The van der Waals surface area contributed by atoms with Crippen LogP contribution in [0.25, 0.3) is 0 Å². The van der Waals surface area contributed by atoms with Gasteiger partial charge < -0.3 is 25.1 Å². The summed E-state index contributed by atoms with van der Waals surface area (Å²) in [5.74, 6) is -0.451. The Labute approximate surface area is 146 Å². The maximum atomic E-state index is 14.4. The standard InChI is InChI=1S/C18H24FN3O3/c1-20-18(25)5-3-15(12-24)21-14-2-4-17(16(19)10-14)22-8-6-13(11-23)7-9-22/h2,4,10-13,15,21H,3,5-9H2,1H3,(H,20,25). The minimum atomic E-state index is -0.550. The summed E-state index contributed by atoms with van der Waals surface area (Å²) in [6, 6.07) is 4.21. The predicted octanol–water partition coefficient (Wildman–Crippen LogP) is 1.75. The molecule has 0 radical (unpaired) electrons. The molecule has 2 rings (SSSR count). The third-order valence-electron chi connectivity index (χ3n) is 4.50. The number of anilines is 2. The average Bonchev–Trinajstić information content (AvgIpc) is 2.65. The molecule has 1 aromatic carbocycles. The highest BCUT2D eigenvalue weighted by Crippen LogP contribution is 2.27. The van der Waals surface area contributed by atoms with Crippen molar-refractivity contribution in [2.45, 2.75) is 31.7 Å². The quantitative estimate of drug-likeness (QED) is 0.699. The lowest BCUT2D eigenvalue weighted by Gasteiger charge is -2.32. The molecule has 2 N–H and O–H groups in total. The molecule has 0 bridgehead atoms. The summed E-state index contributed by atoms with van der Waals surface area (Å²) in [5.41, 5.74) is 1.00. The first-order chi connectivity index (χ1) is 12.1. The van der Waals surface area contributed by atoms with Crippen LogP contribution >= 0.6 is 0 Å². The van der Waals surface area contributed by atoms with Gasteiger partial charge in [-0.1, -0.05) is 0 Å². The number of hydrogen-bond donors (Lipinski definition) is 2. The molecule has 1 unspecified atom stereocenters. The molecule has 1 aliphatic heterocycles. The third kappa shape index (κ3) is 5.27. The van der Waals surface area contributed by atoms with Gasteiger partial charge in [-0.25, -0.2) is 4.39 Å². The number of benzene rings is 1. The lowest BCUT2D eigenvalue weighted by Crippen LogP contribution is -2.34. The summed E-state index contributed by atoms with van der Waals surface area (Å²) in [6.45, 7) is 1.30. The van der Waals surface area contributed by atoms with Crippen LogP contribution in [-0.4, -0.2) is 44.7 Å². The number of nitrogens with one attached hydrogen (secondary N) is 2. The first-order valence-electron chi connectivity index (χ1n) is 8.49. The van der Waals surface area contributed by atoms with Crippen LogP contribution in [0.3, 0.4) is 0 Å². The van der Waals surface area contributed by atoms with Gasteiger partial charge in [0.2, 0.25) is 5.91 Å². The number of carbonyl (C=O) groups is 3. The lowest BCUT2D eigenvalue weighted by atomic mass is 9.98. The fourth-order valence-corrected chi connectivity index (χ4v) is 2.93. The maximum absolute atomic E-state index is 14.4. The molecule has 6 nitrogen and oxygen atoms in total. The molecule has 0 saturated carbocycles. The number of carbonyl (C=O) groups excluding carboxylic acids is 3. The summed E-state index contributed by atoms with van der Waals surface area (Å²) in [4.78, 5) is 35.1. The van der Waals surface area contributed by atoms with Gasteiger partial charge in [0.15, 0.2) is 0 Å². The summed E-state index contributed by atoms with van der Waals surface area (Å²) < 4.78 is 14.4. The van der Waals surface area contributed by atoms with Crippen molar-refractivity contribution in [3.05, 3.63) is 24.0 Å². The van der Waals surface area contributed by atoms with Crippen molar-refractivity contribution in [2.75, 3.05) is 30.4 Å². The monoisotopic (exact) mass is 349 g/mol. The Morgan fingerprint density at radius 2 is 2.08 bits per heavy atom. The zero-order chi connectivity index (χ0) is 18.2. The molecule has 1 aliphatic rings. The van der Waals surface area contributed by atoms with Crippen LogP contribution in [0.2, 0.25) is 0 Å². The number of halogens is 1. The molecule has 1 amide bonds. The smallest absolute Gasteiger partial charge is 0.219 e. The number of aldehydes is 2. The van der Waals surface area contributed by atoms with Crippen molar-refractivity contribution in [3.8, 4) is 0 Å². The van der Waals surface area contributed by atoms with Crippen LogP contribution in [-0.2, 0) is 14.4 Å². The SMILES string of the molecule is CNC(=O)CCC(C=O)Nc1ccc(N2CCC(C=O)CC2)c(F)c1. The van der Waals surface area contributed by atoms with Crippen molar-refractivity contribution in [1.29, 1.82) is 0 Å². The second-order valence-electron chi connectivity index (χ2n) is 6.23. The largest absolute Gasteiger partial charge is 0.375 e. The van der Waals surface area contributed by atoms with E-state index in [4.69, 9.17) is 0 Å². The van der Waals surface area contributed by atoms with Gasteiger partial charge in [0.1, 0.15) is 18.4 Å². The fourth-order valence-electron chi connectivity index (χ4n) is 2.93. The Kier molecular flexibility index (Phi) is 6.91. The Morgan fingerprint density at radius 3 is 2.64 bits per heavy atom. The van der Waals surface area contributed by atoms with Crippen LogP contribution in [0.1, 0.15) is 25.7 Å². The summed E-state index contributed by atoms with van der Waals surface area (Å²) >= 11 is 0. The topological polar surface area (TPSA) is 78.5 Å². The lowest BCUT2D eigenvalue weighted by molar-refractivity contribution is -0.120. The second kappa shape index (κ2) is 9.15. The number of piperidine rings is 1. The highest BCUT2D eigenvalue weighted by molar-refractivity contribution is 5.76. The molecule has 0 spiro atoms. The molecule has 1 aromatic rings. The minimum Gasteiger partial charge on any atom is -0.375 e. The molecule has 7 heteroatoms. The van der Waals surface area contributed by atoms with E-state index in [0.29, 0.717) is 30.9 Å². The van der Waals surface area contributed by atoms with Crippen LogP contribution in [0, 0.1) is 11.7 Å². The molecule has 0 aliphatic carbocycles. The van der Waals surface area contributed by atoms with Gasteiger partial charge in [-0.2, -0.15) is 0 Å². The first-order valence-corrected chi connectivity index (χ1v) is 8.49. The molecule has 1 saturated heterocycles. The van der Waals surface area contributed by atoms with E-state index < -0.39 is 6.04 Å². The van der Waals surface area contributed by atoms with Crippen LogP contribution in [0.5, 0.6) is 0 Å². The molecule has 25 heavy (non-hydrogen) atoms. The van der Waals surface area contributed by atoms with Crippen molar-refractivity contribution in [3.63, 3.8) is 0 Å². The van der Waals surface area contributed by atoms with E-state index in [0.717, 1.165) is 25.4 Å². The van der Waals surface area contributed by atoms with E-state index in [-0.39, 0.29) is 24.1 Å². The second-order valence-corrected chi connectivity index (χ2v) is 6.23. The van der Waals surface area contributed by atoms with Gasteiger partial charge in [0.05, 0.1) is 11.7 Å². The van der Waals surface area contributed by atoms with Gasteiger partial charge in [-0.3, -0.25) is 4.79 Å². The molecule has 1 fully saturated rings. The molecular formula is C18H24FN3O3. The zero-order valence-electron chi connectivity index (χ0n) is 14.3. The van der Waals surface area contributed by atoms with E-state index >= 15 is 0 Å². The molecule has 136 valence electrons. The number of amides is 1. The first kappa shape index (κ1) is 18.9. The number of hydrogen-bond acceptors (Lipinski definition) is 5. The van der Waals surface area contributed by atoms with Gasteiger partial charge in [0.25, 0.3) is 0 Å². The van der Waals surface area contributed by atoms with E-state index in [1.807, 2.05) is 4.90 Å². The Balaban J connectivity index is 1.97. The summed E-state index contributed by atoms with van der Waals surface area (Å²) in [5, 5.41) is 5.44. The average molecular weight is 349 g/mol. The van der Waals surface area contributed by atoms with Gasteiger partial charge in [-0.15, -0.1) is 0 Å². The Hall–Kier alpha value is -2.44. The maximum Gasteiger partial charge on any atom is 0.219 e. The van der Waals surface area contributed by atoms with E-state index in [1.54, 1.807) is 12.1 Å². The minimum absolute atomic E-state index is 0.0638. The highest BCUT2D eigenvalue weighted by atomic mass is 19.1. The van der Waals surface area contributed by atoms with Crippen LogP contribution < -0.4 is 15.5 Å².